The summed E-state index contributed by atoms with van der Waals surface area (Å²) in [7, 11) is 0. The molecule has 0 atom stereocenters. The molecule has 132 valence electrons. The minimum absolute atomic E-state index is 0.138. The number of hydrogen-bond donors (Lipinski definition) is 0. The van der Waals surface area contributed by atoms with Gasteiger partial charge in [0, 0.05) is 18.4 Å². The standard InChI is InChI=1S/C17H18F2N4O2/c1-3-24-11-12-5-7-13(8-6-12)14-10-23-15(9-20-14)21-22-16(23)17(18,19)25-4-2/h5-10H,3-4,11H2,1-2H3. The van der Waals surface area contributed by atoms with Crippen LogP contribution in [0.15, 0.2) is 36.7 Å². The van der Waals surface area contributed by atoms with Gasteiger partial charge < -0.3 is 9.47 Å². The fraction of sp³-hybridized carbons (Fsp3) is 0.353. The first-order valence-corrected chi connectivity index (χ1v) is 7.95. The molecule has 1 aromatic carbocycles. The van der Waals surface area contributed by atoms with E-state index in [4.69, 9.17) is 4.74 Å². The minimum atomic E-state index is -3.52. The van der Waals surface area contributed by atoms with Crippen LogP contribution in [-0.2, 0) is 22.2 Å². The van der Waals surface area contributed by atoms with E-state index in [1.165, 1.54) is 23.7 Å². The first-order chi connectivity index (χ1) is 12.0. The fourth-order valence-electron chi connectivity index (χ4n) is 2.39. The van der Waals surface area contributed by atoms with Gasteiger partial charge in [-0.2, -0.15) is 8.78 Å². The van der Waals surface area contributed by atoms with Gasteiger partial charge >= 0.3 is 6.11 Å². The van der Waals surface area contributed by atoms with Crippen molar-refractivity contribution in [1.82, 2.24) is 19.6 Å². The zero-order chi connectivity index (χ0) is 17.9. The van der Waals surface area contributed by atoms with Gasteiger partial charge in [-0.05, 0) is 19.4 Å². The molecule has 25 heavy (non-hydrogen) atoms. The Morgan fingerprint density at radius 3 is 2.52 bits per heavy atom. The maximum atomic E-state index is 14.0. The summed E-state index contributed by atoms with van der Waals surface area (Å²) in [5.41, 5.74) is 2.58. The van der Waals surface area contributed by atoms with Crippen LogP contribution in [0, 0.1) is 0 Å². The molecule has 0 N–H and O–H groups in total. The number of rotatable bonds is 7. The Bertz CT molecular complexity index is 849. The molecule has 0 bridgehead atoms. The lowest BCUT2D eigenvalue weighted by Gasteiger charge is -2.13. The van der Waals surface area contributed by atoms with Gasteiger partial charge in [0.25, 0.3) is 0 Å². The van der Waals surface area contributed by atoms with Crippen LogP contribution in [0.5, 0.6) is 0 Å². The highest BCUT2D eigenvalue weighted by molar-refractivity contribution is 5.60. The van der Waals surface area contributed by atoms with E-state index in [-0.39, 0.29) is 12.3 Å². The summed E-state index contributed by atoms with van der Waals surface area (Å²) in [4.78, 5) is 4.27. The average molecular weight is 348 g/mol. The molecule has 3 rings (SSSR count). The molecule has 0 saturated carbocycles. The summed E-state index contributed by atoms with van der Waals surface area (Å²) < 4.78 is 39.1. The van der Waals surface area contributed by atoms with Gasteiger partial charge in [0.2, 0.25) is 5.82 Å². The Morgan fingerprint density at radius 2 is 1.84 bits per heavy atom. The first-order valence-electron chi connectivity index (χ1n) is 7.95. The Labute approximate surface area is 143 Å². The third-order valence-electron chi connectivity index (χ3n) is 3.60. The van der Waals surface area contributed by atoms with Crippen molar-refractivity contribution >= 4 is 5.65 Å². The molecule has 0 aliphatic rings. The molecule has 0 aliphatic heterocycles. The van der Waals surface area contributed by atoms with Crippen molar-refractivity contribution in [3.63, 3.8) is 0 Å². The Balaban J connectivity index is 1.95. The van der Waals surface area contributed by atoms with Crippen LogP contribution in [0.1, 0.15) is 25.2 Å². The predicted octanol–water partition coefficient (Wildman–Crippen LogP) is 3.41. The number of nitrogens with zero attached hydrogens (tertiary/aromatic N) is 4. The van der Waals surface area contributed by atoms with Gasteiger partial charge in [0.05, 0.1) is 25.1 Å². The number of alkyl halides is 2. The smallest absolute Gasteiger partial charge is 0.377 e. The van der Waals surface area contributed by atoms with E-state index in [0.29, 0.717) is 18.9 Å². The molecule has 0 saturated heterocycles. The first kappa shape index (κ1) is 17.4. The average Bonchev–Trinajstić information content (AvgIpc) is 3.04. The van der Waals surface area contributed by atoms with Crippen molar-refractivity contribution in [1.29, 1.82) is 0 Å². The lowest BCUT2D eigenvalue weighted by Crippen LogP contribution is -2.21. The van der Waals surface area contributed by atoms with Crippen LogP contribution in [-0.4, -0.2) is 32.8 Å². The SMILES string of the molecule is CCOCc1ccc(-c2cn3c(C(F)(F)OCC)nnc3cn2)cc1. The Hall–Kier alpha value is -2.45. The van der Waals surface area contributed by atoms with Gasteiger partial charge in [-0.1, -0.05) is 24.3 Å². The highest BCUT2D eigenvalue weighted by Gasteiger charge is 2.38. The lowest BCUT2D eigenvalue weighted by molar-refractivity contribution is -0.251. The zero-order valence-electron chi connectivity index (χ0n) is 13.9. The number of benzene rings is 1. The van der Waals surface area contributed by atoms with E-state index in [9.17, 15) is 8.78 Å². The molecule has 6 nitrogen and oxygen atoms in total. The van der Waals surface area contributed by atoms with Crippen LogP contribution < -0.4 is 0 Å². The maximum absolute atomic E-state index is 14.0. The molecule has 0 amide bonds. The topological polar surface area (TPSA) is 61.5 Å². The zero-order valence-corrected chi connectivity index (χ0v) is 13.9. The number of ether oxygens (including phenoxy) is 2. The quantitative estimate of drug-likeness (QED) is 0.655. The second kappa shape index (κ2) is 7.20. The van der Waals surface area contributed by atoms with Crippen LogP contribution in [0.3, 0.4) is 0 Å². The van der Waals surface area contributed by atoms with Gasteiger partial charge in [-0.15, -0.1) is 10.2 Å². The summed E-state index contributed by atoms with van der Waals surface area (Å²) in [6.07, 6.45) is -0.634. The second-order valence-electron chi connectivity index (χ2n) is 5.31. The van der Waals surface area contributed by atoms with Crippen LogP contribution in [0.4, 0.5) is 8.78 Å². The van der Waals surface area contributed by atoms with E-state index < -0.39 is 11.9 Å². The van der Waals surface area contributed by atoms with E-state index in [1.54, 1.807) is 0 Å². The lowest BCUT2D eigenvalue weighted by atomic mass is 10.1. The molecule has 3 aromatic rings. The second-order valence-corrected chi connectivity index (χ2v) is 5.31. The van der Waals surface area contributed by atoms with E-state index in [1.807, 2.05) is 31.2 Å². The molecule has 0 spiro atoms. The summed E-state index contributed by atoms with van der Waals surface area (Å²) in [5.74, 6) is -0.569. The van der Waals surface area contributed by atoms with Crippen molar-refractivity contribution in [3.05, 3.63) is 48.0 Å². The molecular weight excluding hydrogens is 330 g/mol. The minimum Gasteiger partial charge on any atom is -0.377 e. The highest BCUT2D eigenvalue weighted by Crippen LogP contribution is 2.29. The van der Waals surface area contributed by atoms with Crippen LogP contribution in [0.2, 0.25) is 0 Å². The van der Waals surface area contributed by atoms with Crippen molar-refractivity contribution < 1.29 is 18.3 Å². The molecular formula is C17H18F2N4O2. The largest absolute Gasteiger partial charge is 0.418 e. The third-order valence-corrected chi connectivity index (χ3v) is 3.60. The van der Waals surface area contributed by atoms with Crippen molar-refractivity contribution in [2.24, 2.45) is 0 Å². The number of hydrogen-bond acceptors (Lipinski definition) is 5. The molecule has 0 unspecified atom stereocenters. The summed E-state index contributed by atoms with van der Waals surface area (Å²) in [5, 5.41) is 7.27. The van der Waals surface area contributed by atoms with Gasteiger partial charge in [-0.3, -0.25) is 9.38 Å². The van der Waals surface area contributed by atoms with Gasteiger partial charge in [-0.25, -0.2) is 0 Å². The number of aromatic nitrogens is 4. The fourth-order valence-corrected chi connectivity index (χ4v) is 2.39. The van der Waals surface area contributed by atoms with Gasteiger partial charge in [0.1, 0.15) is 0 Å². The van der Waals surface area contributed by atoms with E-state index >= 15 is 0 Å². The third kappa shape index (κ3) is 3.64. The van der Waals surface area contributed by atoms with Crippen molar-refractivity contribution in [2.45, 2.75) is 26.6 Å². The van der Waals surface area contributed by atoms with Crippen LogP contribution >= 0.6 is 0 Å². The van der Waals surface area contributed by atoms with E-state index in [0.717, 1.165) is 11.1 Å². The number of halogens is 2. The molecule has 2 aromatic heterocycles. The number of fused-ring (bicyclic) bond motifs is 1. The van der Waals surface area contributed by atoms with Crippen molar-refractivity contribution in [3.8, 4) is 11.3 Å². The summed E-state index contributed by atoms with van der Waals surface area (Å²) in [6, 6.07) is 7.57. The molecule has 8 heteroatoms. The summed E-state index contributed by atoms with van der Waals surface area (Å²) >= 11 is 0. The summed E-state index contributed by atoms with van der Waals surface area (Å²) in [6.45, 7) is 4.46. The van der Waals surface area contributed by atoms with Crippen LogP contribution in [0.25, 0.3) is 16.9 Å². The van der Waals surface area contributed by atoms with Gasteiger partial charge in [0.15, 0.2) is 5.65 Å². The normalized spacial score (nSPS) is 12.0. The molecule has 0 radical (unpaired) electrons. The van der Waals surface area contributed by atoms with E-state index in [2.05, 4.69) is 19.9 Å². The molecule has 2 heterocycles. The highest BCUT2D eigenvalue weighted by atomic mass is 19.3. The monoisotopic (exact) mass is 348 g/mol. The predicted molar refractivity (Wildman–Crippen MR) is 87.1 cm³/mol. The van der Waals surface area contributed by atoms with Crippen molar-refractivity contribution in [2.75, 3.05) is 13.2 Å². The Kier molecular flexibility index (Phi) is 5.00. The maximum Gasteiger partial charge on any atom is 0.418 e. The Morgan fingerprint density at radius 1 is 1.08 bits per heavy atom. The molecule has 0 aliphatic carbocycles. The molecule has 0 fully saturated rings.